The summed E-state index contributed by atoms with van der Waals surface area (Å²) in [5, 5.41) is 9.22. The third kappa shape index (κ3) is 2.66. The summed E-state index contributed by atoms with van der Waals surface area (Å²) in [5.74, 6) is 0.353. The zero-order valence-electron chi connectivity index (χ0n) is 6.76. The van der Waals surface area contributed by atoms with E-state index in [2.05, 4.69) is 0 Å². The highest BCUT2D eigenvalue weighted by molar-refractivity contribution is 6.37. The van der Waals surface area contributed by atoms with E-state index in [0.29, 0.717) is 21.5 Å². The van der Waals surface area contributed by atoms with E-state index in [-0.39, 0.29) is 13.2 Å². The SMILES string of the molecule is Nc1cc(Cl)c(OCCO)c(Cl)c1. The highest BCUT2D eigenvalue weighted by Gasteiger charge is 2.07. The summed E-state index contributed by atoms with van der Waals surface area (Å²) in [7, 11) is 0. The average molecular weight is 222 g/mol. The van der Waals surface area contributed by atoms with Crippen molar-refractivity contribution in [2.45, 2.75) is 0 Å². The lowest BCUT2D eigenvalue weighted by Gasteiger charge is -2.08. The van der Waals surface area contributed by atoms with Gasteiger partial charge >= 0.3 is 0 Å². The molecule has 5 heteroatoms. The van der Waals surface area contributed by atoms with Gasteiger partial charge < -0.3 is 15.6 Å². The number of rotatable bonds is 3. The molecule has 0 aliphatic heterocycles. The van der Waals surface area contributed by atoms with E-state index in [4.69, 9.17) is 38.8 Å². The van der Waals surface area contributed by atoms with Gasteiger partial charge in [0.2, 0.25) is 0 Å². The van der Waals surface area contributed by atoms with Gasteiger partial charge in [-0.2, -0.15) is 0 Å². The van der Waals surface area contributed by atoms with Crippen molar-refractivity contribution in [2.75, 3.05) is 18.9 Å². The zero-order valence-corrected chi connectivity index (χ0v) is 8.27. The molecule has 0 bridgehead atoms. The maximum absolute atomic E-state index is 8.53. The maximum Gasteiger partial charge on any atom is 0.156 e. The number of hydrogen-bond donors (Lipinski definition) is 2. The number of anilines is 1. The topological polar surface area (TPSA) is 55.5 Å². The molecule has 72 valence electrons. The Morgan fingerprint density at radius 1 is 1.31 bits per heavy atom. The summed E-state index contributed by atoms with van der Waals surface area (Å²) in [6.45, 7) is 0.0698. The molecule has 0 fully saturated rings. The average Bonchev–Trinajstić information content (AvgIpc) is 2.02. The highest BCUT2D eigenvalue weighted by Crippen LogP contribution is 2.34. The molecule has 0 amide bonds. The van der Waals surface area contributed by atoms with Crippen molar-refractivity contribution in [2.24, 2.45) is 0 Å². The fourth-order valence-corrected chi connectivity index (χ4v) is 1.48. The second-order valence-electron chi connectivity index (χ2n) is 2.39. The van der Waals surface area contributed by atoms with E-state index in [1.54, 1.807) is 12.1 Å². The number of halogens is 2. The first-order valence-electron chi connectivity index (χ1n) is 3.63. The lowest BCUT2D eigenvalue weighted by molar-refractivity contribution is 0.201. The molecule has 0 spiro atoms. The van der Waals surface area contributed by atoms with E-state index < -0.39 is 0 Å². The van der Waals surface area contributed by atoms with Gasteiger partial charge in [0.15, 0.2) is 5.75 Å². The van der Waals surface area contributed by atoms with Gasteiger partial charge in [-0.1, -0.05) is 23.2 Å². The Labute approximate surface area is 86.0 Å². The van der Waals surface area contributed by atoms with Gasteiger partial charge in [-0.05, 0) is 12.1 Å². The molecular formula is C8H9Cl2NO2. The maximum atomic E-state index is 8.53. The van der Waals surface area contributed by atoms with E-state index in [1.165, 1.54) is 0 Å². The number of ether oxygens (including phenoxy) is 1. The van der Waals surface area contributed by atoms with Crippen molar-refractivity contribution in [1.29, 1.82) is 0 Å². The second-order valence-corrected chi connectivity index (χ2v) is 3.20. The molecule has 0 saturated carbocycles. The molecule has 1 aromatic carbocycles. The Morgan fingerprint density at radius 3 is 2.31 bits per heavy atom. The van der Waals surface area contributed by atoms with Crippen LogP contribution < -0.4 is 10.5 Å². The first-order valence-corrected chi connectivity index (χ1v) is 4.39. The second kappa shape index (κ2) is 4.56. The van der Waals surface area contributed by atoms with Gasteiger partial charge in [-0.3, -0.25) is 0 Å². The summed E-state index contributed by atoms with van der Waals surface area (Å²) in [6, 6.07) is 3.08. The first kappa shape index (κ1) is 10.4. The largest absolute Gasteiger partial charge is 0.488 e. The molecule has 0 unspecified atom stereocenters. The Balaban J connectivity index is 2.92. The van der Waals surface area contributed by atoms with Crippen molar-refractivity contribution >= 4 is 28.9 Å². The zero-order chi connectivity index (χ0) is 9.84. The van der Waals surface area contributed by atoms with Gasteiger partial charge in [0.1, 0.15) is 6.61 Å². The summed E-state index contributed by atoms with van der Waals surface area (Å²) >= 11 is 11.6. The van der Waals surface area contributed by atoms with Crippen LogP contribution in [0.4, 0.5) is 5.69 Å². The summed E-state index contributed by atoms with van der Waals surface area (Å²) in [4.78, 5) is 0. The number of nitrogens with two attached hydrogens (primary N) is 1. The highest BCUT2D eigenvalue weighted by atomic mass is 35.5. The molecule has 0 atom stereocenters. The van der Waals surface area contributed by atoms with Gasteiger partial charge in [0, 0.05) is 5.69 Å². The van der Waals surface area contributed by atoms with Crippen molar-refractivity contribution in [3.05, 3.63) is 22.2 Å². The predicted molar refractivity (Wildman–Crippen MR) is 53.5 cm³/mol. The summed E-state index contributed by atoms with van der Waals surface area (Å²) in [6.07, 6.45) is 0. The molecule has 3 nitrogen and oxygen atoms in total. The quantitative estimate of drug-likeness (QED) is 0.768. The molecule has 0 aliphatic carbocycles. The van der Waals surface area contributed by atoms with Crippen LogP contribution in [0.3, 0.4) is 0 Å². The lowest BCUT2D eigenvalue weighted by Crippen LogP contribution is -2.02. The fraction of sp³-hybridized carbons (Fsp3) is 0.250. The molecular weight excluding hydrogens is 213 g/mol. The summed E-state index contributed by atoms with van der Waals surface area (Å²) < 4.78 is 5.10. The van der Waals surface area contributed by atoms with Crippen LogP contribution in [0.1, 0.15) is 0 Å². The molecule has 0 saturated heterocycles. The van der Waals surface area contributed by atoms with Crippen molar-refractivity contribution in [1.82, 2.24) is 0 Å². The van der Waals surface area contributed by atoms with Crippen LogP contribution >= 0.6 is 23.2 Å². The normalized spacial score (nSPS) is 10.1. The third-order valence-electron chi connectivity index (χ3n) is 1.36. The lowest BCUT2D eigenvalue weighted by atomic mass is 10.3. The van der Waals surface area contributed by atoms with Gasteiger partial charge in [0.25, 0.3) is 0 Å². The third-order valence-corrected chi connectivity index (χ3v) is 1.92. The van der Waals surface area contributed by atoms with Crippen LogP contribution in [-0.4, -0.2) is 18.3 Å². The minimum absolute atomic E-state index is 0.0863. The van der Waals surface area contributed by atoms with Gasteiger partial charge in [-0.25, -0.2) is 0 Å². The molecule has 1 aromatic rings. The molecule has 0 aliphatic rings. The van der Waals surface area contributed by atoms with Crippen LogP contribution in [0.2, 0.25) is 10.0 Å². The van der Waals surface area contributed by atoms with Crippen molar-refractivity contribution in [3.63, 3.8) is 0 Å². The van der Waals surface area contributed by atoms with Crippen molar-refractivity contribution < 1.29 is 9.84 Å². The Hall–Kier alpha value is -0.640. The Kier molecular flexibility index (Phi) is 3.66. The van der Waals surface area contributed by atoms with Crippen LogP contribution in [0.15, 0.2) is 12.1 Å². The van der Waals surface area contributed by atoms with E-state index in [9.17, 15) is 0 Å². The molecule has 0 aromatic heterocycles. The molecule has 0 radical (unpaired) electrons. The number of nitrogen functional groups attached to an aromatic ring is 1. The smallest absolute Gasteiger partial charge is 0.156 e. The first-order chi connectivity index (χ1) is 6.15. The Morgan fingerprint density at radius 2 is 1.85 bits per heavy atom. The molecule has 3 N–H and O–H groups in total. The van der Waals surface area contributed by atoms with Crippen molar-refractivity contribution in [3.8, 4) is 5.75 Å². The fourth-order valence-electron chi connectivity index (χ4n) is 0.865. The van der Waals surface area contributed by atoms with E-state index in [0.717, 1.165) is 0 Å². The summed E-state index contributed by atoms with van der Waals surface area (Å²) in [5.41, 5.74) is 5.96. The minimum atomic E-state index is -0.0863. The predicted octanol–water partition coefficient (Wildman–Crippen LogP) is 1.95. The Bertz CT molecular complexity index is 281. The molecule has 13 heavy (non-hydrogen) atoms. The number of aliphatic hydroxyl groups excluding tert-OH is 1. The van der Waals surface area contributed by atoms with Gasteiger partial charge in [-0.15, -0.1) is 0 Å². The van der Waals surface area contributed by atoms with Crippen LogP contribution in [0, 0.1) is 0 Å². The standard InChI is InChI=1S/C8H9Cl2NO2/c9-6-3-5(11)4-7(10)8(6)13-2-1-12/h3-4,12H,1-2,11H2. The number of hydrogen-bond acceptors (Lipinski definition) is 3. The van der Waals surface area contributed by atoms with E-state index >= 15 is 0 Å². The monoisotopic (exact) mass is 221 g/mol. The number of aliphatic hydroxyl groups is 1. The van der Waals surface area contributed by atoms with Crippen LogP contribution in [0.5, 0.6) is 5.75 Å². The molecule has 0 heterocycles. The van der Waals surface area contributed by atoms with E-state index in [1.807, 2.05) is 0 Å². The van der Waals surface area contributed by atoms with Gasteiger partial charge in [0.05, 0.1) is 16.7 Å². The molecule has 1 rings (SSSR count). The van der Waals surface area contributed by atoms with Crippen LogP contribution in [0.25, 0.3) is 0 Å². The van der Waals surface area contributed by atoms with Crippen LogP contribution in [-0.2, 0) is 0 Å². The minimum Gasteiger partial charge on any atom is -0.488 e. The number of benzene rings is 1.